The summed E-state index contributed by atoms with van der Waals surface area (Å²) in [7, 11) is 0. The van der Waals surface area contributed by atoms with Gasteiger partial charge in [0, 0.05) is 13.3 Å². The average molecular weight is 334 g/mol. The molecule has 0 aliphatic rings. The van der Waals surface area contributed by atoms with Crippen LogP contribution in [0.2, 0.25) is 0 Å². The zero-order valence-electron chi connectivity index (χ0n) is 14.7. The molecule has 0 saturated carbocycles. The lowest BCUT2D eigenvalue weighted by atomic mass is 10.0. The number of hydrogen-bond donors (Lipinski definition) is 2. The third-order valence-corrected chi connectivity index (χ3v) is 3.48. The summed E-state index contributed by atoms with van der Waals surface area (Å²) in [5.41, 5.74) is 0.913. The topological polar surface area (TPSA) is 84.5 Å². The highest BCUT2D eigenvalue weighted by Gasteiger charge is 2.28. The molecule has 24 heavy (non-hydrogen) atoms. The van der Waals surface area contributed by atoms with E-state index in [1.807, 2.05) is 44.2 Å². The van der Waals surface area contributed by atoms with Gasteiger partial charge in [0.25, 0.3) is 0 Å². The molecule has 0 unspecified atom stereocenters. The van der Waals surface area contributed by atoms with Crippen LogP contribution in [0.1, 0.15) is 33.3 Å². The van der Waals surface area contributed by atoms with Gasteiger partial charge in [0.15, 0.2) is 0 Å². The van der Waals surface area contributed by atoms with E-state index in [0.29, 0.717) is 6.42 Å². The Morgan fingerprint density at radius 3 is 2.21 bits per heavy atom. The first-order valence-corrected chi connectivity index (χ1v) is 8.13. The second-order valence-corrected chi connectivity index (χ2v) is 5.93. The van der Waals surface area contributed by atoms with Gasteiger partial charge >= 0.3 is 5.97 Å². The number of ether oxygens (including phenoxy) is 1. The summed E-state index contributed by atoms with van der Waals surface area (Å²) in [4.78, 5) is 36.0. The third kappa shape index (κ3) is 6.40. The van der Waals surface area contributed by atoms with E-state index in [2.05, 4.69) is 10.6 Å². The Labute approximate surface area is 143 Å². The molecule has 2 amide bonds. The number of esters is 1. The standard InChI is InChI=1S/C18H26N2O4/c1-5-24-18(23)15(11-14-9-7-6-8-10-14)20-17(22)16(12(2)3)19-13(4)21/h6-10,12,15-16H,5,11H2,1-4H3,(H,19,21)(H,20,22)/t15-,16-/m0/s1. The molecule has 0 bridgehead atoms. The predicted molar refractivity (Wildman–Crippen MR) is 91.2 cm³/mol. The summed E-state index contributed by atoms with van der Waals surface area (Å²) in [5.74, 6) is -1.28. The molecule has 1 rings (SSSR count). The van der Waals surface area contributed by atoms with Crippen molar-refractivity contribution < 1.29 is 19.1 Å². The molecule has 0 radical (unpaired) electrons. The van der Waals surface area contributed by atoms with Crippen LogP contribution in [0.15, 0.2) is 30.3 Å². The first kappa shape index (κ1) is 19.7. The molecule has 132 valence electrons. The molecule has 0 fully saturated rings. The van der Waals surface area contributed by atoms with E-state index in [-0.39, 0.29) is 18.4 Å². The van der Waals surface area contributed by atoms with E-state index < -0.39 is 24.0 Å². The lowest BCUT2D eigenvalue weighted by Gasteiger charge is -2.24. The van der Waals surface area contributed by atoms with E-state index >= 15 is 0 Å². The van der Waals surface area contributed by atoms with Crippen molar-refractivity contribution in [3.05, 3.63) is 35.9 Å². The molecule has 1 aromatic carbocycles. The second kappa shape index (κ2) is 9.70. The van der Waals surface area contributed by atoms with Gasteiger partial charge < -0.3 is 15.4 Å². The smallest absolute Gasteiger partial charge is 0.328 e. The highest BCUT2D eigenvalue weighted by atomic mass is 16.5. The lowest BCUT2D eigenvalue weighted by molar-refractivity contribution is -0.147. The molecule has 0 aliphatic carbocycles. The fourth-order valence-electron chi connectivity index (χ4n) is 2.30. The maximum Gasteiger partial charge on any atom is 0.328 e. The van der Waals surface area contributed by atoms with Crippen molar-refractivity contribution in [1.82, 2.24) is 10.6 Å². The van der Waals surface area contributed by atoms with Gasteiger partial charge in [0.1, 0.15) is 12.1 Å². The van der Waals surface area contributed by atoms with Gasteiger partial charge in [0.2, 0.25) is 11.8 Å². The van der Waals surface area contributed by atoms with Crippen molar-refractivity contribution in [3.63, 3.8) is 0 Å². The summed E-state index contributed by atoms with van der Waals surface area (Å²) < 4.78 is 5.06. The van der Waals surface area contributed by atoms with Gasteiger partial charge in [-0.1, -0.05) is 44.2 Å². The molecule has 6 heteroatoms. The molecule has 2 N–H and O–H groups in total. The van der Waals surface area contributed by atoms with Crippen molar-refractivity contribution in [2.75, 3.05) is 6.61 Å². The van der Waals surface area contributed by atoms with Crippen LogP contribution in [0.4, 0.5) is 0 Å². The molecule has 2 atom stereocenters. The Morgan fingerprint density at radius 2 is 1.71 bits per heavy atom. The SMILES string of the molecule is CCOC(=O)[C@H](Cc1ccccc1)NC(=O)[C@@H](NC(C)=O)C(C)C. The van der Waals surface area contributed by atoms with Crippen LogP contribution in [0.25, 0.3) is 0 Å². The molecular weight excluding hydrogens is 308 g/mol. The van der Waals surface area contributed by atoms with Gasteiger partial charge in [-0.05, 0) is 18.4 Å². The summed E-state index contributed by atoms with van der Waals surface area (Å²) in [6, 6.07) is 7.89. The van der Waals surface area contributed by atoms with E-state index in [4.69, 9.17) is 4.74 Å². The monoisotopic (exact) mass is 334 g/mol. The highest BCUT2D eigenvalue weighted by molar-refractivity contribution is 5.90. The lowest BCUT2D eigenvalue weighted by Crippen LogP contribution is -2.54. The highest BCUT2D eigenvalue weighted by Crippen LogP contribution is 2.07. The minimum Gasteiger partial charge on any atom is -0.464 e. The summed E-state index contributed by atoms with van der Waals surface area (Å²) in [6.45, 7) is 6.97. The summed E-state index contributed by atoms with van der Waals surface area (Å²) in [6.07, 6.45) is 0.330. The van der Waals surface area contributed by atoms with E-state index in [9.17, 15) is 14.4 Å². The molecule has 0 saturated heterocycles. The van der Waals surface area contributed by atoms with Gasteiger partial charge in [0.05, 0.1) is 6.61 Å². The third-order valence-electron chi connectivity index (χ3n) is 3.48. The van der Waals surface area contributed by atoms with Crippen LogP contribution >= 0.6 is 0 Å². The molecule has 0 spiro atoms. The minimum absolute atomic E-state index is 0.103. The molecule has 0 aromatic heterocycles. The quantitative estimate of drug-likeness (QED) is 0.705. The number of benzene rings is 1. The maximum atomic E-state index is 12.5. The summed E-state index contributed by atoms with van der Waals surface area (Å²) >= 11 is 0. The number of nitrogens with one attached hydrogen (secondary N) is 2. The van der Waals surface area contributed by atoms with Gasteiger partial charge in [-0.25, -0.2) is 4.79 Å². The van der Waals surface area contributed by atoms with Gasteiger partial charge in [-0.15, -0.1) is 0 Å². The number of hydrogen-bond acceptors (Lipinski definition) is 4. The maximum absolute atomic E-state index is 12.5. The molecule has 0 aliphatic heterocycles. The first-order chi connectivity index (χ1) is 11.3. The number of rotatable bonds is 8. The van der Waals surface area contributed by atoms with Crippen LogP contribution in [0.5, 0.6) is 0 Å². The van der Waals surface area contributed by atoms with E-state index in [0.717, 1.165) is 5.56 Å². The van der Waals surface area contributed by atoms with E-state index in [1.165, 1.54) is 6.92 Å². The second-order valence-electron chi connectivity index (χ2n) is 5.93. The summed E-state index contributed by atoms with van der Waals surface area (Å²) in [5, 5.41) is 5.32. The largest absolute Gasteiger partial charge is 0.464 e. The fraction of sp³-hybridized carbons (Fsp3) is 0.500. The van der Waals surface area contributed by atoms with Gasteiger partial charge in [-0.2, -0.15) is 0 Å². The Bertz CT molecular complexity index is 557. The van der Waals surface area contributed by atoms with Crippen molar-refractivity contribution in [2.45, 2.75) is 46.2 Å². The minimum atomic E-state index is -0.796. The number of carbonyl (C=O) groups is 3. The van der Waals surface area contributed by atoms with Crippen LogP contribution in [-0.2, 0) is 25.5 Å². The van der Waals surface area contributed by atoms with Crippen molar-refractivity contribution >= 4 is 17.8 Å². The van der Waals surface area contributed by atoms with Crippen molar-refractivity contribution in [2.24, 2.45) is 5.92 Å². The molecule has 1 aromatic rings. The zero-order valence-corrected chi connectivity index (χ0v) is 14.7. The Balaban J connectivity index is 2.88. The number of amides is 2. The van der Waals surface area contributed by atoms with Crippen LogP contribution in [-0.4, -0.2) is 36.5 Å². The molecule has 0 heterocycles. The average Bonchev–Trinajstić information content (AvgIpc) is 2.52. The van der Waals surface area contributed by atoms with Crippen molar-refractivity contribution in [3.8, 4) is 0 Å². The van der Waals surface area contributed by atoms with Crippen LogP contribution in [0, 0.1) is 5.92 Å². The molecule has 6 nitrogen and oxygen atoms in total. The van der Waals surface area contributed by atoms with Gasteiger partial charge in [-0.3, -0.25) is 9.59 Å². The Kier molecular flexibility index (Phi) is 7.95. The fourth-order valence-corrected chi connectivity index (χ4v) is 2.30. The molecular formula is C18H26N2O4. The zero-order chi connectivity index (χ0) is 18.1. The van der Waals surface area contributed by atoms with Crippen molar-refractivity contribution in [1.29, 1.82) is 0 Å². The van der Waals surface area contributed by atoms with Crippen LogP contribution < -0.4 is 10.6 Å². The van der Waals surface area contributed by atoms with E-state index in [1.54, 1.807) is 6.92 Å². The first-order valence-electron chi connectivity index (χ1n) is 8.13. The normalized spacial score (nSPS) is 13.0. The van der Waals surface area contributed by atoms with Crippen LogP contribution in [0.3, 0.4) is 0 Å². The predicted octanol–water partition coefficient (Wildman–Crippen LogP) is 1.44. The Hall–Kier alpha value is -2.37. The Morgan fingerprint density at radius 1 is 1.08 bits per heavy atom. The number of carbonyl (C=O) groups excluding carboxylic acids is 3.